The predicted molar refractivity (Wildman–Crippen MR) is 94.4 cm³/mol. The molecule has 0 aromatic carbocycles. The summed E-state index contributed by atoms with van der Waals surface area (Å²) in [6.07, 6.45) is 0.0313. The number of hydrogen-bond donors (Lipinski definition) is 2. The summed E-state index contributed by atoms with van der Waals surface area (Å²) in [5.41, 5.74) is 0. The van der Waals surface area contributed by atoms with Gasteiger partial charge in [-0.05, 0) is 6.92 Å². The van der Waals surface area contributed by atoms with Crippen LogP contribution in [0.25, 0.3) is 0 Å². The predicted octanol–water partition coefficient (Wildman–Crippen LogP) is 3.14. The number of rotatable bonds is 11. The first kappa shape index (κ1) is 37.1. The summed E-state index contributed by atoms with van der Waals surface area (Å²) >= 11 is -0.153. The van der Waals surface area contributed by atoms with Crippen molar-refractivity contribution in [3.8, 4) is 0 Å². The maximum absolute atomic E-state index is 12.5. The van der Waals surface area contributed by atoms with Crippen LogP contribution in [0, 0.1) is 0 Å². The van der Waals surface area contributed by atoms with E-state index in [1.54, 1.807) is 0 Å². The molecule has 18 heteroatoms. The first-order chi connectivity index (χ1) is 15.5. The minimum Gasteiger partial charge on any atom is -0.381 e. The number of nitrogens with one attached hydrogen (secondary N) is 2. The van der Waals surface area contributed by atoms with Gasteiger partial charge in [0, 0.05) is 75.7 Å². The Morgan fingerprint density at radius 1 is 0.969 bits per heavy atom. The van der Waals surface area contributed by atoms with E-state index in [-0.39, 0.29) is 62.9 Å². The lowest BCUT2D eigenvalue weighted by Crippen LogP contribution is -2.38. The van der Waals surface area contributed by atoms with Gasteiger partial charge in [-0.15, -0.1) is 0 Å². The number of halogens is 9. The molecule has 0 radical (unpaired) electrons. The maximum atomic E-state index is 12.5. The van der Waals surface area contributed by atoms with Crippen molar-refractivity contribution in [2.24, 2.45) is 0 Å². The van der Waals surface area contributed by atoms with Crippen LogP contribution < -0.4 is 10.6 Å². The van der Waals surface area contributed by atoms with Crippen LogP contribution in [0.4, 0.5) is 40.5 Å². The lowest BCUT2D eigenvalue weighted by atomic mass is 10.3. The number of hydrogen-bond acceptors (Lipinski definition) is 6. The number of carbonyl (C=O) groups is 4. The molecule has 1 aliphatic heterocycles. The maximum Gasteiger partial charge on any atom is 0.245 e. The zero-order valence-electron chi connectivity index (χ0n) is 16.5. The highest BCUT2D eigenvalue weighted by atomic mass is 32.2. The number of carbonyl (C=O) groups excluding carboxylic acids is 4. The molecule has 8 nitrogen and oxygen atoms in total. The first-order valence-electron chi connectivity index (χ1n) is 8.29. The SMILES string of the molecule is CCOCCC(=O)NCCNC(=O)CCN1C(=O)CC(SF)C1=O.FF.FF.FF.FF. The van der Waals surface area contributed by atoms with Gasteiger partial charge in [0.1, 0.15) is 5.25 Å². The Labute approximate surface area is 180 Å². The smallest absolute Gasteiger partial charge is 0.245 e. The molecule has 1 unspecified atom stereocenters. The quantitative estimate of drug-likeness (QED) is 0.249. The molecular weight excluding hydrogens is 493 g/mol. The molecule has 32 heavy (non-hydrogen) atoms. The molecule has 1 heterocycles. The molecule has 1 aliphatic rings. The Morgan fingerprint density at radius 3 is 1.84 bits per heavy atom. The second kappa shape index (κ2) is 28.8. The molecule has 1 atom stereocenters. The fourth-order valence-electron chi connectivity index (χ4n) is 2.06. The van der Waals surface area contributed by atoms with Crippen molar-refractivity contribution in [2.75, 3.05) is 32.8 Å². The van der Waals surface area contributed by atoms with Crippen LogP contribution in [0.2, 0.25) is 0 Å². The van der Waals surface area contributed by atoms with Gasteiger partial charge in [0.2, 0.25) is 23.6 Å². The van der Waals surface area contributed by atoms with E-state index in [0.717, 1.165) is 4.90 Å². The molecule has 1 fully saturated rings. The van der Waals surface area contributed by atoms with Gasteiger partial charge in [-0.3, -0.25) is 24.1 Å². The van der Waals surface area contributed by atoms with Gasteiger partial charge < -0.3 is 15.4 Å². The van der Waals surface area contributed by atoms with Gasteiger partial charge in [-0.2, -0.15) is 3.89 Å². The summed E-state index contributed by atoms with van der Waals surface area (Å²) in [6.45, 7) is 3.19. The van der Waals surface area contributed by atoms with Crippen molar-refractivity contribution in [3.05, 3.63) is 0 Å². The van der Waals surface area contributed by atoms with Crippen LogP contribution in [0.5, 0.6) is 0 Å². The molecule has 0 spiro atoms. The van der Waals surface area contributed by atoms with Gasteiger partial charge in [0.25, 0.3) is 0 Å². The summed E-state index contributed by atoms with van der Waals surface area (Å²) in [4.78, 5) is 47.1. The first-order valence-corrected chi connectivity index (χ1v) is 9.07. The molecule has 0 saturated carbocycles. The van der Waals surface area contributed by atoms with Crippen LogP contribution in [0.1, 0.15) is 26.2 Å². The Bertz CT molecular complexity index is 499. The van der Waals surface area contributed by atoms with Gasteiger partial charge in [-0.1, -0.05) is 0 Å². The summed E-state index contributed by atoms with van der Waals surface area (Å²) in [5, 5.41) is 4.20. The molecule has 4 amide bonds. The minimum absolute atomic E-state index is 0.0561. The largest absolute Gasteiger partial charge is 0.381 e. The Morgan fingerprint density at radius 2 is 1.44 bits per heavy atom. The van der Waals surface area contributed by atoms with Crippen molar-refractivity contribution < 1.29 is 64.4 Å². The molecule has 0 bridgehead atoms. The van der Waals surface area contributed by atoms with Crippen molar-refractivity contribution in [1.29, 1.82) is 0 Å². The van der Waals surface area contributed by atoms with Crippen LogP contribution in [0.3, 0.4) is 0 Å². The fourth-order valence-corrected chi connectivity index (χ4v) is 2.47. The molecule has 192 valence electrons. The van der Waals surface area contributed by atoms with Gasteiger partial charge in [-0.25, -0.2) is 0 Å². The second-order valence-electron chi connectivity index (χ2n) is 5.06. The standard InChI is InChI=1S/C14H22FN3O5S.4F2/c1-2-23-8-4-12(20)17-6-5-16-11(19)3-7-18-13(21)9-10(24-15)14(18)22;4*1-2/h10H,2-9H2,1H3,(H,16,19)(H,17,20);;;;. The van der Waals surface area contributed by atoms with E-state index in [1.807, 2.05) is 6.92 Å². The van der Waals surface area contributed by atoms with Crippen LogP contribution >= 0.6 is 12.1 Å². The Balaban J connectivity index is -0.000000439. The highest BCUT2D eigenvalue weighted by Gasteiger charge is 2.39. The van der Waals surface area contributed by atoms with Gasteiger partial charge in [0.15, 0.2) is 0 Å². The summed E-state index contributed by atoms with van der Waals surface area (Å²) < 4.78 is 81.5. The third-order valence-corrected chi connectivity index (χ3v) is 3.90. The lowest BCUT2D eigenvalue weighted by molar-refractivity contribution is -0.138. The highest BCUT2D eigenvalue weighted by Crippen LogP contribution is 2.25. The number of ether oxygens (including phenoxy) is 1. The average molecular weight is 515 g/mol. The Hall–Kier alpha value is -2.24. The van der Waals surface area contributed by atoms with Crippen LogP contribution in [-0.2, 0) is 23.9 Å². The third-order valence-electron chi connectivity index (χ3n) is 3.32. The lowest BCUT2D eigenvalue weighted by Gasteiger charge is -2.14. The molecule has 2 N–H and O–H groups in total. The summed E-state index contributed by atoms with van der Waals surface area (Å²) in [7, 11) is 0. The number of nitrogens with zero attached hydrogens (tertiary/aromatic N) is 1. The van der Waals surface area contributed by atoms with Crippen LogP contribution in [-0.4, -0.2) is 66.6 Å². The minimum atomic E-state index is -0.993. The number of likely N-dealkylation sites (tertiary alicyclic amines) is 1. The molecule has 0 aromatic heterocycles. The highest BCUT2D eigenvalue weighted by molar-refractivity contribution is 7.95. The Kier molecular flexibility index (Phi) is 33.3. The van der Waals surface area contributed by atoms with Crippen molar-refractivity contribution >= 4 is 35.8 Å². The second-order valence-corrected chi connectivity index (χ2v) is 5.81. The normalized spacial score (nSPS) is 13.7. The fraction of sp³-hybridized carbons (Fsp3) is 0.714. The molecule has 1 rings (SSSR count). The van der Waals surface area contributed by atoms with Gasteiger partial charge in [0.05, 0.1) is 25.2 Å². The molecule has 0 aliphatic carbocycles. The summed E-state index contributed by atoms with van der Waals surface area (Å²) in [6, 6.07) is 0. The van der Waals surface area contributed by atoms with Crippen LogP contribution in [0.15, 0.2) is 0 Å². The van der Waals surface area contributed by atoms with Gasteiger partial charge >= 0.3 is 0 Å². The summed E-state index contributed by atoms with van der Waals surface area (Å²) in [5.74, 6) is -1.58. The number of amides is 4. The van der Waals surface area contributed by atoms with E-state index in [9.17, 15) is 23.1 Å². The topological polar surface area (TPSA) is 105 Å². The van der Waals surface area contributed by atoms with E-state index in [1.165, 1.54) is 0 Å². The van der Waals surface area contributed by atoms with E-state index >= 15 is 0 Å². The van der Waals surface area contributed by atoms with E-state index < -0.39 is 17.1 Å². The van der Waals surface area contributed by atoms with Crippen molar-refractivity contribution in [2.45, 2.75) is 31.4 Å². The van der Waals surface area contributed by atoms with Crippen molar-refractivity contribution in [3.63, 3.8) is 0 Å². The van der Waals surface area contributed by atoms with E-state index in [4.69, 9.17) is 41.3 Å². The van der Waals surface area contributed by atoms with E-state index in [0.29, 0.717) is 13.2 Å². The zero-order valence-corrected chi connectivity index (χ0v) is 17.3. The van der Waals surface area contributed by atoms with E-state index in [2.05, 4.69) is 10.6 Å². The molecule has 1 saturated heterocycles. The number of imide groups is 1. The third kappa shape index (κ3) is 18.5. The van der Waals surface area contributed by atoms with Crippen molar-refractivity contribution in [1.82, 2.24) is 15.5 Å². The monoisotopic (exact) mass is 515 g/mol. The molecule has 0 aromatic rings. The average Bonchev–Trinajstić information content (AvgIpc) is 3.13. The zero-order chi connectivity index (χ0) is 25.9. The molecular formula is C14H22F9N3O5S.